The molecule has 0 heterocycles. The van der Waals surface area contributed by atoms with Crippen molar-refractivity contribution in [2.45, 2.75) is 13.2 Å². The molecule has 0 spiro atoms. The largest absolute Gasteiger partial charge is 0.341 e. The Morgan fingerprint density at radius 1 is 1.00 bits per heavy atom. The number of rotatable bonds is 5. The fraction of sp³-hybridized carbons (Fsp3) is 0.188. The van der Waals surface area contributed by atoms with Crippen molar-refractivity contribution in [3.63, 3.8) is 0 Å². The Bertz CT molecular complexity index is 529. The van der Waals surface area contributed by atoms with E-state index < -0.39 is 0 Å². The van der Waals surface area contributed by atoms with Gasteiger partial charge in [-0.05, 0) is 11.1 Å². The summed E-state index contributed by atoms with van der Waals surface area (Å²) in [6, 6.07) is 19.2. The second-order valence-electron chi connectivity index (χ2n) is 4.52. The van der Waals surface area contributed by atoms with Crippen molar-refractivity contribution in [1.82, 2.24) is 10.4 Å². The van der Waals surface area contributed by atoms with Gasteiger partial charge in [0.15, 0.2) is 0 Å². The van der Waals surface area contributed by atoms with Crippen LogP contribution in [0.2, 0.25) is 0 Å². The second-order valence-corrected chi connectivity index (χ2v) is 4.52. The first-order valence-corrected chi connectivity index (χ1v) is 6.46. The Labute approximate surface area is 118 Å². The van der Waals surface area contributed by atoms with Crippen molar-refractivity contribution >= 4 is 6.03 Å². The number of hydroxylamine groups is 1. The molecule has 4 heteroatoms. The van der Waals surface area contributed by atoms with Crippen LogP contribution in [0.1, 0.15) is 11.1 Å². The standard InChI is InChI=1S/C16H18N2O2/c1-18(12-14-8-4-2-5-9-14)16(19)17-20-13-15-10-6-3-7-11-15/h2-11H,12-13H2,1H3,(H,17,19). The van der Waals surface area contributed by atoms with Crippen LogP contribution in [0.25, 0.3) is 0 Å². The van der Waals surface area contributed by atoms with Crippen LogP contribution in [0.15, 0.2) is 60.7 Å². The summed E-state index contributed by atoms with van der Waals surface area (Å²) in [5, 5.41) is 0. The first-order valence-electron chi connectivity index (χ1n) is 6.46. The summed E-state index contributed by atoms with van der Waals surface area (Å²) in [7, 11) is 1.73. The number of urea groups is 1. The molecule has 2 rings (SSSR count). The van der Waals surface area contributed by atoms with Crippen molar-refractivity contribution in [2.75, 3.05) is 7.05 Å². The molecule has 0 fully saturated rings. The van der Waals surface area contributed by atoms with Gasteiger partial charge in [0.1, 0.15) is 0 Å². The molecule has 0 aromatic heterocycles. The minimum absolute atomic E-state index is 0.259. The summed E-state index contributed by atoms with van der Waals surface area (Å²) in [5.41, 5.74) is 4.53. The fourth-order valence-corrected chi connectivity index (χ4v) is 1.76. The quantitative estimate of drug-likeness (QED) is 0.849. The lowest BCUT2D eigenvalue weighted by atomic mass is 10.2. The highest BCUT2D eigenvalue weighted by molar-refractivity contribution is 5.72. The summed E-state index contributed by atoms with van der Waals surface area (Å²) in [6.07, 6.45) is 0. The second kappa shape index (κ2) is 7.31. The fourth-order valence-electron chi connectivity index (χ4n) is 1.76. The van der Waals surface area contributed by atoms with Gasteiger partial charge in [-0.25, -0.2) is 10.3 Å². The van der Waals surface area contributed by atoms with Crippen LogP contribution >= 0.6 is 0 Å². The molecule has 4 nitrogen and oxygen atoms in total. The molecule has 2 amide bonds. The van der Waals surface area contributed by atoms with Crippen LogP contribution in [0, 0.1) is 0 Å². The maximum atomic E-state index is 11.8. The number of carbonyl (C=O) groups is 1. The van der Waals surface area contributed by atoms with Crippen LogP contribution in [0.4, 0.5) is 4.79 Å². The summed E-state index contributed by atoms with van der Waals surface area (Å²) in [6.45, 7) is 0.896. The van der Waals surface area contributed by atoms with E-state index in [1.165, 1.54) is 0 Å². The smallest absolute Gasteiger partial charge is 0.322 e. The molecule has 1 N–H and O–H groups in total. The maximum absolute atomic E-state index is 11.8. The van der Waals surface area contributed by atoms with Gasteiger partial charge in [0.2, 0.25) is 0 Å². The first kappa shape index (κ1) is 14.1. The van der Waals surface area contributed by atoms with E-state index in [0.717, 1.165) is 11.1 Å². The number of hydrogen-bond donors (Lipinski definition) is 1. The number of carbonyl (C=O) groups excluding carboxylic acids is 1. The van der Waals surface area contributed by atoms with Crippen LogP contribution in [0.3, 0.4) is 0 Å². The van der Waals surface area contributed by atoms with E-state index in [4.69, 9.17) is 4.84 Å². The topological polar surface area (TPSA) is 41.6 Å². The lowest BCUT2D eigenvalue weighted by molar-refractivity contribution is 0.0382. The van der Waals surface area contributed by atoms with Crippen molar-refractivity contribution in [3.8, 4) is 0 Å². The van der Waals surface area contributed by atoms with E-state index in [9.17, 15) is 4.79 Å². The third kappa shape index (κ3) is 4.40. The molecule has 20 heavy (non-hydrogen) atoms. The monoisotopic (exact) mass is 270 g/mol. The van der Waals surface area contributed by atoms with Crippen LogP contribution in [-0.4, -0.2) is 18.0 Å². The molecule has 2 aromatic rings. The number of nitrogens with one attached hydrogen (secondary N) is 1. The summed E-state index contributed by atoms with van der Waals surface area (Å²) < 4.78 is 0. The Morgan fingerprint density at radius 2 is 1.55 bits per heavy atom. The van der Waals surface area contributed by atoms with Gasteiger partial charge in [-0.1, -0.05) is 60.7 Å². The molecule has 104 valence electrons. The third-order valence-electron chi connectivity index (χ3n) is 2.85. The molecule has 0 aliphatic carbocycles. The molecular weight excluding hydrogens is 252 g/mol. The van der Waals surface area contributed by atoms with Gasteiger partial charge in [0.05, 0.1) is 6.61 Å². The summed E-state index contributed by atoms with van der Waals surface area (Å²) >= 11 is 0. The lowest BCUT2D eigenvalue weighted by Crippen LogP contribution is -2.36. The molecule has 0 aliphatic heterocycles. The van der Waals surface area contributed by atoms with Crippen molar-refractivity contribution in [1.29, 1.82) is 0 Å². The molecule has 0 radical (unpaired) electrons. The Kier molecular flexibility index (Phi) is 5.15. The molecule has 0 bridgehead atoms. The van der Waals surface area contributed by atoms with Crippen molar-refractivity contribution in [3.05, 3.63) is 71.8 Å². The van der Waals surface area contributed by atoms with E-state index in [-0.39, 0.29) is 6.03 Å². The molecule has 0 saturated carbocycles. The molecular formula is C16H18N2O2. The zero-order valence-electron chi connectivity index (χ0n) is 11.5. The van der Waals surface area contributed by atoms with E-state index in [2.05, 4.69) is 5.48 Å². The van der Waals surface area contributed by atoms with E-state index in [1.54, 1.807) is 11.9 Å². The number of hydrogen-bond acceptors (Lipinski definition) is 2. The predicted molar refractivity (Wildman–Crippen MR) is 77.7 cm³/mol. The van der Waals surface area contributed by atoms with Crippen molar-refractivity contribution < 1.29 is 9.63 Å². The van der Waals surface area contributed by atoms with E-state index >= 15 is 0 Å². The zero-order chi connectivity index (χ0) is 14.2. The highest BCUT2D eigenvalue weighted by Gasteiger charge is 2.08. The predicted octanol–water partition coefficient (Wildman–Crippen LogP) is 2.96. The minimum atomic E-state index is -0.259. The molecule has 0 aliphatic rings. The number of nitrogens with zero attached hydrogens (tertiary/aromatic N) is 1. The van der Waals surface area contributed by atoms with Crippen LogP contribution < -0.4 is 5.48 Å². The van der Waals surface area contributed by atoms with Crippen LogP contribution in [0.5, 0.6) is 0 Å². The van der Waals surface area contributed by atoms with Gasteiger partial charge in [0, 0.05) is 13.6 Å². The average Bonchev–Trinajstić information content (AvgIpc) is 2.49. The molecule has 0 saturated heterocycles. The Morgan fingerprint density at radius 3 is 2.15 bits per heavy atom. The van der Waals surface area contributed by atoms with E-state index in [0.29, 0.717) is 13.2 Å². The Hall–Kier alpha value is -2.33. The van der Waals surface area contributed by atoms with Gasteiger partial charge in [0.25, 0.3) is 0 Å². The third-order valence-corrected chi connectivity index (χ3v) is 2.85. The summed E-state index contributed by atoms with van der Waals surface area (Å²) in [5.74, 6) is 0. The number of amides is 2. The molecule has 0 atom stereocenters. The van der Waals surface area contributed by atoms with Gasteiger partial charge < -0.3 is 4.90 Å². The SMILES string of the molecule is CN(Cc1ccccc1)C(=O)NOCc1ccccc1. The van der Waals surface area contributed by atoms with Gasteiger partial charge in [-0.2, -0.15) is 0 Å². The van der Waals surface area contributed by atoms with Crippen molar-refractivity contribution in [2.24, 2.45) is 0 Å². The lowest BCUT2D eigenvalue weighted by Gasteiger charge is -2.17. The summed E-state index contributed by atoms with van der Waals surface area (Å²) in [4.78, 5) is 18.6. The zero-order valence-corrected chi connectivity index (χ0v) is 11.5. The minimum Gasteiger partial charge on any atom is -0.322 e. The highest BCUT2D eigenvalue weighted by atomic mass is 16.7. The highest BCUT2D eigenvalue weighted by Crippen LogP contribution is 2.03. The maximum Gasteiger partial charge on any atom is 0.341 e. The first-order chi connectivity index (χ1) is 9.75. The Balaban J connectivity index is 1.74. The molecule has 0 unspecified atom stereocenters. The average molecular weight is 270 g/mol. The van der Waals surface area contributed by atoms with Gasteiger partial charge >= 0.3 is 6.03 Å². The normalized spacial score (nSPS) is 10.1. The van der Waals surface area contributed by atoms with Gasteiger partial charge in [-0.3, -0.25) is 4.84 Å². The van der Waals surface area contributed by atoms with Gasteiger partial charge in [-0.15, -0.1) is 0 Å². The number of benzene rings is 2. The van der Waals surface area contributed by atoms with E-state index in [1.807, 2.05) is 60.7 Å². The molecule has 2 aromatic carbocycles. The van der Waals surface area contributed by atoms with Crippen LogP contribution in [-0.2, 0) is 18.0 Å².